The molecule has 0 saturated carbocycles. The normalized spacial score (nSPS) is 15.5. The van der Waals surface area contributed by atoms with E-state index in [9.17, 15) is 9.18 Å². The van der Waals surface area contributed by atoms with Crippen LogP contribution in [0, 0.1) is 12.7 Å². The van der Waals surface area contributed by atoms with Crippen molar-refractivity contribution in [2.75, 3.05) is 18.0 Å². The molecule has 2 heterocycles. The number of carbonyl (C=O) groups is 1. The molecule has 1 saturated heterocycles. The van der Waals surface area contributed by atoms with Gasteiger partial charge in [-0.2, -0.15) is 0 Å². The van der Waals surface area contributed by atoms with Crippen LogP contribution in [0.1, 0.15) is 48.2 Å². The molecule has 0 radical (unpaired) electrons. The number of para-hydroxylation sites is 1. The molecule has 39 heavy (non-hydrogen) atoms. The van der Waals surface area contributed by atoms with Crippen molar-refractivity contribution in [3.8, 4) is 0 Å². The minimum absolute atomic E-state index is 0.0258. The molecule has 0 aliphatic carbocycles. The Morgan fingerprint density at radius 2 is 1.92 bits per heavy atom. The van der Waals surface area contributed by atoms with Gasteiger partial charge in [-0.25, -0.2) is 9.38 Å². The van der Waals surface area contributed by atoms with E-state index in [1.165, 1.54) is 6.07 Å². The molecule has 3 aromatic rings. The summed E-state index contributed by atoms with van der Waals surface area (Å²) in [6.45, 7) is 12.2. The predicted octanol–water partition coefficient (Wildman–Crippen LogP) is 4.90. The lowest BCUT2D eigenvalue weighted by Gasteiger charge is -2.40. The first-order valence-electron chi connectivity index (χ1n) is 13.3. The molecule has 204 valence electrons. The Hall–Kier alpha value is -4.13. The number of halogens is 1. The molecule has 0 spiro atoms. The van der Waals surface area contributed by atoms with Crippen LogP contribution in [0.15, 0.2) is 71.6 Å². The molecule has 0 atom stereocenters. The third kappa shape index (κ3) is 6.30. The molecule has 1 aromatic heterocycles. The van der Waals surface area contributed by atoms with Crippen LogP contribution in [0.4, 0.5) is 10.1 Å². The van der Waals surface area contributed by atoms with Gasteiger partial charge in [-0.3, -0.25) is 4.79 Å². The van der Waals surface area contributed by atoms with E-state index in [0.29, 0.717) is 28.6 Å². The standard InChI is InChI=1S/C32H37FN4O2/c1-6-30(37(29-14-9-8-11-23(29)3)20-25-12-10-13-27(33)19-25)36-17-15-28(16-18-36)39-32(34-7-2)31-24(4)26(22-38)21-35(31)5/h6-14,19,21-22,28H,4,15-18,20H2,1-3,5H3/b30-6?,32-31-,34-7-. The number of piperidine rings is 1. The largest absolute Gasteiger partial charge is 0.473 e. The summed E-state index contributed by atoms with van der Waals surface area (Å²) in [5, 5.41) is 1.33. The fraction of sp³-hybridized carbons (Fsp3) is 0.312. The van der Waals surface area contributed by atoms with Gasteiger partial charge in [0.2, 0.25) is 5.88 Å². The van der Waals surface area contributed by atoms with Crippen molar-refractivity contribution >= 4 is 30.7 Å². The third-order valence-electron chi connectivity index (χ3n) is 7.11. The number of allylic oxidation sites excluding steroid dienone is 1. The summed E-state index contributed by atoms with van der Waals surface area (Å²) in [5.41, 5.74) is 3.69. The summed E-state index contributed by atoms with van der Waals surface area (Å²) in [7, 11) is 1.87. The molecule has 0 amide bonds. The molecule has 1 aliphatic heterocycles. The smallest absolute Gasteiger partial charge is 0.238 e. The van der Waals surface area contributed by atoms with Gasteiger partial charge in [-0.1, -0.05) is 36.9 Å². The van der Waals surface area contributed by atoms with Crippen molar-refractivity contribution < 1.29 is 13.9 Å². The minimum Gasteiger partial charge on any atom is -0.473 e. The van der Waals surface area contributed by atoms with Gasteiger partial charge in [0.25, 0.3) is 0 Å². The third-order valence-corrected chi connectivity index (χ3v) is 7.11. The molecular weight excluding hydrogens is 491 g/mol. The Bertz CT molecular complexity index is 1480. The van der Waals surface area contributed by atoms with Crippen LogP contribution >= 0.6 is 0 Å². The monoisotopic (exact) mass is 528 g/mol. The van der Waals surface area contributed by atoms with Crippen molar-refractivity contribution in [2.24, 2.45) is 12.0 Å². The highest BCUT2D eigenvalue weighted by atomic mass is 19.1. The van der Waals surface area contributed by atoms with Crippen molar-refractivity contribution in [3.05, 3.63) is 99.7 Å². The Labute approximate surface area is 230 Å². The van der Waals surface area contributed by atoms with Crippen molar-refractivity contribution in [2.45, 2.75) is 46.3 Å². The fourth-order valence-corrected chi connectivity index (χ4v) is 5.19. The van der Waals surface area contributed by atoms with E-state index in [2.05, 4.69) is 46.5 Å². The molecule has 0 unspecified atom stereocenters. The molecular formula is C32H37FN4O2. The van der Waals surface area contributed by atoms with E-state index in [1.807, 2.05) is 43.7 Å². The van der Waals surface area contributed by atoms with E-state index < -0.39 is 0 Å². The van der Waals surface area contributed by atoms with Crippen molar-refractivity contribution in [1.29, 1.82) is 0 Å². The SMILES string of the molecule is C=c1c(C=O)cn(C)/c1=C(/N=C\C)OC1CCN(C(=CC)N(Cc2cccc(F)c2)c2ccccc2C)CC1. The van der Waals surface area contributed by atoms with Crippen LogP contribution < -0.4 is 15.5 Å². The molecule has 1 aliphatic rings. The molecule has 2 aromatic carbocycles. The second-order valence-corrected chi connectivity index (χ2v) is 9.79. The van der Waals surface area contributed by atoms with Gasteiger partial charge in [0, 0.05) is 68.4 Å². The van der Waals surface area contributed by atoms with Gasteiger partial charge in [0.05, 0.1) is 0 Å². The van der Waals surface area contributed by atoms with E-state index in [4.69, 9.17) is 4.74 Å². The van der Waals surface area contributed by atoms with E-state index >= 15 is 0 Å². The van der Waals surface area contributed by atoms with Gasteiger partial charge < -0.3 is 19.1 Å². The predicted molar refractivity (Wildman–Crippen MR) is 156 cm³/mol. The van der Waals surface area contributed by atoms with Crippen LogP contribution in [0.5, 0.6) is 0 Å². The Morgan fingerprint density at radius 1 is 1.18 bits per heavy atom. The van der Waals surface area contributed by atoms with Crippen LogP contribution in [0.3, 0.4) is 0 Å². The average Bonchev–Trinajstić information content (AvgIpc) is 3.22. The van der Waals surface area contributed by atoms with Crippen molar-refractivity contribution in [1.82, 2.24) is 9.47 Å². The van der Waals surface area contributed by atoms with Crippen LogP contribution in [-0.2, 0) is 18.3 Å². The lowest BCUT2D eigenvalue weighted by atomic mass is 10.1. The number of hydrogen-bond donors (Lipinski definition) is 0. The quantitative estimate of drug-likeness (QED) is 0.293. The number of benzene rings is 2. The zero-order chi connectivity index (χ0) is 27.9. The summed E-state index contributed by atoms with van der Waals surface area (Å²) in [4.78, 5) is 20.6. The molecule has 0 N–H and O–H groups in total. The Balaban J connectivity index is 1.57. The second kappa shape index (κ2) is 12.6. The van der Waals surface area contributed by atoms with Crippen molar-refractivity contribution in [3.63, 3.8) is 0 Å². The number of aryl methyl sites for hydroxylation is 2. The summed E-state index contributed by atoms with van der Waals surface area (Å²) in [6.07, 6.45) is 7.97. The topological polar surface area (TPSA) is 50.1 Å². The average molecular weight is 529 g/mol. The number of likely N-dealkylation sites (tertiary alicyclic amines) is 1. The molecule has 1 fully saturated rings. The molecule has 0 bridgehead atoms. The van der Waals surface area contributed by atoms with Gasteiger partial charge in [0.15, 0.2) is 6.29 Å². The fourth-order valence-electron chi connectivity index (χ4n) is 5.19. The highest BCUT2D eigenvalue weighted by Crippen LogP contribution is 2.30. The number of carbonyl (C=O) groups excluding carboxylic acids is 1. The maximum Gasteiger partial charge on any atom is 0.238 e. The first kappa shape index (κ1) is 27.9. The molecule has 4 rings (SSSR count). The second-order valence-electron chi connectivity index (χ2n) is 9.79. The molecule has 7 heteroatoms. The number of aromatic nitrogens is 1. The summed E-state index contributed by atoms with van der Waals surface area (Å²) in [6, 6.07) is 15.1. The summed E-state index contributed by atoms with van der Waals surface area (Å²) in [5.74, 6) is 1.33. The Kier molecular flexibility index (Phi) is 9.02. The maximum absolute atomic E-state index is 14.0. The highest BCUT2D eigenvalue weighted by molar-refractivity contribution is 5.75. The van der Waals surface area contributed by atoms with Gasteiger partial charge in [-0.15, -0.1) is 0 Å². The van der Waals surface area contributed by atoms with Gasteiger partial charge in [-0.05, 0) is 56.2 Å². The number of nitrogens with zero attached hydrogens (tertiary/aromatic N) is 4. The van der Waals surface area contributed by atoms with Gasteiger partial charge >= 0.3 is 0 Å². The van der Waals surface area contributed by atoms with E-state index in [1.54, 1.807) is 24.5 Å². The number of aliphatic imine (C=N–C) groups is 1. The Morgan fingerprint density at radius 3 is 2.54 bits per heavy atom. The number of rotatable bonds is 9. The zero-order valence-corrected chi connectivity index (χ0v) is 23.2. The van der Waals surface area contributed by atoms with Crippen LogP contribution in [0.2, 0.25) is 0 Å². The zero-order valence-electron chi connectivity index (χ0n) is 23.2. The summed E-state index contributed by atoms with van der Waals surface area (Å²) < 4.78 is 22.3. The number of hydrogen-bond acceptors (Lipinski definition) is 5. The van der Waals surface area contributed by atoms with Crippen LogP contribution in [0.25, 0.3) is 12.5 Å². The van der Waals surface area contributed by atoms with E-state index in [0.717, 1.165) is 54.9 Å². The first-order valence-corrected chi connectivity index (χ1v) is 13.3. The number of ether oxygens (including phenoxy) is 1. The van der Waals surface area contributed by atoms with Gasteiger partial charge in [0.1, 0.15) is 23.1 Å². The molecule has 6 nitrogen and oxygen atoms in total. The summed E-state index contributed by atoms with van der Waals surface area (Å²) >= 11 is 0. The maximum atomic E-state index is 14.0. The number of aldehydes is 1. The lowest BCUT2D eigenvalue weighted by Crippen LogP contribution is -2.42. The van der Waals surface area contributed by atoms with E-state index in [-0.39, 0.29) is 11.9 Å². The highest BCUT2D eigenvalue weighted by Gasteiger charge is 2.26. The lowest BCUT2D eigenvalue weighted by molar-refractivity contribution is 0.0880. The number of anilines is 1. The minimum atomic E-state index is -0.233. The first-order chi connectivity index (χ1) is 18.9. The van der Waals surface area contributed by atoms with Crippen LogP contribution in [-0.4, -0.2) is 41.2 Å².